The molecule has 1 fully saturated rings. The Hall–Kier alpha value is -2.39. The van der Waals surface area contributed by atoms with Crippen molar-refractivity contribution in [3.05, 3.63) is 40.7 Å². The Bertz CT molecular complexity index is 750. The number of halogens is 1. The van der Waals surface area contributed by atoms with Crippen LogP contribution in [0.4, 0.5) is 11.6 Å². The van der Waals surface area contributed by atoms with Crippen LogP contribution in [0.15, 0.2) is 24.5 Å². The highest BCUT2D eigenvalue weighted by Crippen LogP contribution is 2.29. The van der Waals surface area contributed by atoms with E-state index in [1.807, 2.05) is 19.1 Å². The molecule has 3 rings (SSSR count). The molecule has 0 N–H and O–H groups in total. The van der Waals surface area contributed by atoms with Gasteiger partial charge in [-0.2, -0.15) is 10.4 Å². The normalized spacial score (nSPS) is 15.2. The molecular weight excluding hydrogens is 324 g/mol. The molecule has 0 aromatic carbocycles. The molecule has 1 aliphatic heterocycles. The Labute approximate surface area is 146 Å². The maximum atomic E-state index is 9.44. The summed E-state index contributed by atoms with van der Waals surface area (Å²) in [5.74, 6) is 1.62. The van der Waals surface area contributed by atoms with Crippen molar-refractivity contribution in [2.75, 3.05) is 29.9 Å². The highest BCUT2D eigenvalue weighted by atomic mass is 35.5. The van der Waals surface area contributed by atoms with Gasteiger partial charge in [0.2, 0.25) is 0 Å². The quantitative estimate of drug-likeness (QED) is 0.854. The van der Waals surface area contributed by atoms with Gasteiger partial charge in [0, 0.05) is 38.6 Å². The third-order valence-electron chi connectivity index (χ3n) is 4.60. The van der Waals surface area contributed by atoms with Gasteiger partial charge < -0.3 is 9.80 Å². The van der Waals surface area contributed by atoms with Crippen LogP contribution in [-0.2, 0) is 0 Å². The minimum atomic E-state index is 0.400. The average Bonchev–Trinajstić information content (AvgIpc) is 2.64. The number of pyridine rings is 1. The van der Waals surface area contributed by atoms with Crippen LogP contribution in [0.1, 0.15) is 24.0 Å². The highest BCUT2D eigenvalue weighted by molar-refractivity contribution is 6.31. The monoisotopic (exact) mass is 342 g/mol. The zero-order valence-corrected chi connectivity index (χ0v) is 14.5. The fourth-order valence-corrected chi connectivity index (χ4v) is 3.22. The number of rotatable bonds is 3. The zero-order chi connectivity index (χ0) is 17.1. The predicted octanol–water partition coefficient (Wildman–Crippen LogP) is 2.81. The number of piperidine rings is 1. The average molecular weight is 343 g/mol. The molecule has 0 bridgehead atoms. The van der Waals surface area contributed by atoms with Crippen molar-refractivity contribution in [1.82, 2.24) is 15.2 Å². The first-order chi connectivity index (χ1) is 11.6. The summed E-state index contributed by atoms with van der Waals surface area (Å²) in [5, 5.41) is 18.1. The van der Waals surface area contributed by atoms with E-state index in [9.17, 15) is 5.26 Å². The predicted molar refractivity (Wildman–Crippen MR) is 94.4 cm³/mol. The van der Waals surface area contributed by atoms with E-state index in [1.54, 1.807) is 12.4 Å². The van der Waals surface area contributed by atoms with E-state index in [0.29, 0.717) is 16.6 Å². The summed E-state index contributed by atoms with van der Waals surface area (Å²) in [4.78, 5) is 8.74. The lowest BCUT2D eigenvalue weighted by atomic mass is 10.0. The summed E-state index contributed by atoms with van der Waals surface area (Å²) >= 11 is 6.08. The zero-order valence-electron chi connectivity index (χ0n) is 13.8. The molecule has 0 aliphatic carbocycles. The minimum Gasteiger partial charge on any atom is -0.355 e. The molecular formula is C17H19ClN6. The van der Waals surface area contributed by atoms with Crippen LogP contribution in [0.2, 0.25) is 5.02 Å². The van der Waals surface area contributed by atoms with E-state index < -0.39 is 0 Å². The molecule has 0 unspecified atom stereocenters. The summed E-state index contributed by atoms with van der Waals surface area (Å²) in [7, 11) is 2.05. The molecule has 124 valence electrons. The van der Waals surface area contributed by atoms with Crippen molar-refractivity contribution >= 4 is 23.2 Å². The standard InChI is InChI=1S/C17H19ClN6/c1-12-14(10-19)17(20-11-15(12)18)24-8-5-13(6-9-24)23(2)16-4-3-7-21-22-16/h3-4,7,11,13H,5-6,8-9H2,1-2H3. The van der Waals surface area contributed by atoms with Crippen LogP contribution in [0.3, 0.4) is 0 Å². The molecule has 24 heavy (non-hydrogen) atoms. The number of nitriles is 1. The van der Waals surface area contributed by atoms with Crippen molar-refractivity contribution < 1.29 is 0 Å². The summed E-state index contributed by atoms with van der Waals surface area (Å²) in [6, 6.07) is 6.51. The third-order valence-corrected chi connectivity index (χ3v) is 4.98. The van der Waals surface area contributed by atoms with Gasteiger partial charge in [-0.05, 0) is 37.5 Å². The molecule has 6 nitrogen and oxygen atoms in total. The van der Waals surface area contributed by atoms with E-state index in [-0.39, 0.29) is 0 Å². The summed E-state index contributed by atoms with van der Waals surface area (Å²) in [6.07, 6.45) is 5.26. The van der Waals surface area contributed by atoms with Gasteiger partial charge in [0.15, 0.2) is 5.82 Å². The fraction of sp³-hybridized carbons (Fsp3) is 0.412. The second kappa shape index (κ2) is 7.02. The highest BCUT2D eigenvalue weighted by Gasteiger charge is 2.26. The van der Waals surface area contributed by atoms with Crippen molar-refractivity contribution in [3.8, 4) is 6.07 Å². The number of anilines is 2. The van der Waals surface area contributed by atoms with E-state index in [1.165, 1.54) is 0 Å². The van der Waals surface area contributed by atoms with Crippen molar-refractivity contribution in [2.45, 2.75) is 25.8 Å². The van der Waals surface area contributed by atoms with Gasteiger partial charge in [0.25, 0.3) is 0 Å². The van der Waals surface area contributed by atoms with Crippen molar-refractivity contribution in [3.63, 3.8) is 0 Å². The summed E-state index contributed by atoms with van der Waals surface area (Å²) in [5.41, 5.74) is 1.37. The molecule has 0 atom stereocenters. The summed E-state index contributed by atoms with van der Waals surface area (Å²) in [6.45, 7) is 3.55. The maximum Gasteiger partial charge on any atom is 0.151 e. The number of hydrogen-bond acceptors (Lipinski definition) is 6. The SMILES string of the molecule is Cc1c(Cl)cnc(N2CCC(N(C)c3cccnn3)CC2)c1C#N. The van der Waals surface area contributed by atoms with Crippen LogP contribution in [0.25, 0.3) is 0 Å². The summed E-state index contributed by atoms with van der Waals surface area (Å²) < 4.78 is 0. The van der Waals surface area contributed by atoms with E-state index in [4.69, 9.17) is 11.6 Å². The molecule has 0 saturated carbocycles. The Morgan fingerprint density at radius 2 is 2.12 bits per heavy atom. The van der Waals surface area contributed by atoms with Crippen LogP contribution in [-0.4, -0.2) is 41.4 Å². The Morgan fingerprint density at radius 1 is 1.38 bits per heavy atom. The van der Waals surface area contributed by atoms with E-state index in [2.05, 4.69) is 38.1 Å². The molecule has 0 radical (unpaired) electrons. The fourth-order valence-electron chi connectivity index (χ4n) is 3.07. The van der Waals surface area contributed by atoms with Crippen LogP contribution in [0, 0.1) is 18.3 Å². The minimum absolute atomic E-state index is 0.400. The number of aromatic nitrogens is 3. The lowest BCUT2D eigenvalue weighted by Crippen LogP contribution is -2.44. The van der Waals surface area contributed by atoms with Gasteiger partial charge in [0.05, 0.1) is 10.6 Å². The van der Waals surface area contributed by atoms with Crippen molar-refractivity contribution in [2.24, 2.45) is 0 Å². The molecule has 2 aromatic rings. The van der Waals surface area contributed by atoms with Gasteiger partial charge >= 0.3 is 0 Å². The van der Waals surface area contributed by atoms with Gasteiger partial charge in [-0.1, -0.05) is 11.6 Å². The topological polar surface area (TPSA) is 68.9 Å². The Balaban J connectivity index is 1.72. The van der Waals surface area contributed by atoms with Gasteiger partial charge in [-0.25, -0.2) is 4.98 Å². The van der Waals surface area contributed by atoms with Crippen LogP contribution in [0.5, 0.6) is 0 Å². The van der Waals surface area contributed by atoms with Crippen LogP contribution < -0.4 is 9.80 Å². The largest absolute Gasteiger partial charge is 0.355 e. The number of hydrogen-bond donors (Lipinski definition) is 0. The molecule has 1 saturated heterocycles. The maximum absolute atomic E-state index is 9.44. The lowest BCUT2D eigenvalue weighted by molar-refractivity contribution is 0.477. The Morgan fingerprint density at radius 3 is 2.75 bits per heavy atom. The second-order valence-electron chi connectivity index (χ2n) is 5.95. The third kappa shape index (κ3) is 3.13. The van der Waals surface area contributed by atoms with Crippen molar-refractivity contribution in [1.29, 1.82) is 5.26 Å². The van der Waals surface area contributed by atoms with Gasteiger partial charge in [-0.15, -0.1) is 5.10 Å². The second-order valence-corrected chi connectivity index (χ2v) is 6.36. The van der Waals surface area contributed by atoms with E-state index >= 15 is 0 Å². The first-order valence-electron chi connectivity index (χ1n) is 7.92. The van der Waals surface area contributed by atoms with E-state index in [0.717, 1.165) is 43.1 Å². The molecule has 0 spiro atoms. The number of nitrogens with zero attached hydrogens (tertiary/aromatic N) is 6. The van der Waals surface area contributed by atoms with Crippen LogP contribution >= 0.6 is 11.6 Å². The Kier molecular flexibility index (Phi) is 4.81. The van der Waals surface area contributed by atoms with Gasteiger partial charge in [0.1, 0.15) is 11.9 Å². The first-order valence-corrected chi connectivity index (χ1v) is 8.30. The lowest BCUT2D eigenvalue weighted by Gasteiger charge is -2.38. The smallest absolute Gasteiger partial charge is 0.151 e. The molecule has 2 aromatic heterocycles. The molecule has 1 aliphatic rings. The molecule has 3 heterocycles. The first kappa shape index (κ1) is 16.5. The van der Waals surface area contributed by atoms with Gasteiger partial charge in [-0.3, -0.25) is 0 Å². The molecule has 0 amide bonds. The molecule has 7 heteroatoms.